The lowest BCUT2D eigenvalue weighted by Crippen LogP contribution is -2.77. The number of aliphatic carboxylic acids is 1. The summed E-state index contributed by atoms with van der Waals surface area (Å²) in [5.41, 5.74) is -0.695. The number of halogens is 1. The summed E-state index contributed by atoms with van der Waals surface area (Å²) in [7, 11) is 0. The van der Waals surface area contributed by atoms with E-state index in [1.54, 1.807) is 12.1 Å². The van der Waals surface area contributed by atoms with Gasteiger partial charge in [-0.15, -0.1) is 0 Å². The van der Waals surface area contributed by atoms with Gasteiger partial charge in [0.2, 0.25) is 0 Å². The maximum atomic E-state index is 12.4. The van der Waals surface area contributed by atoms with Crippen LogP contribution in [0.4, 0.5) is 0 Å². The van der Waals surface area contributed by atoms with E-state index in [0.717, 1.165) is 0 Å². The summed E-state index contributed by atoms with van der Waals surface area (Å²) in [5.74, 6) is -1.000. The van der Waals surface area contributed by atoms with Crippen molar-refractivity contribution < 1.29 is 24.2 Å². The van der Waals surface area contributed by atoms with Crippen molar-refractivity contribution in [1.29, 1.82) is 0 Å². The van der Waals surface area contributed by atoms with Crippen LogP contribution in [0.1, 0.15) is 36.0 Å². The van der Waals surface area contributed by atoms with Crippen LogP contribution in [0.2, 0.25) is 5.02 Å². The molecule has 5 rings (SSSR count). The SMILES string of the molecule is O=C1C[C@H](C(=O)NC23CC(C(=O)O)(C2)C3)Oc2ccc(Cl)cc21. The van der Waals surface area contributed by atoms with Crippen molar-refractivity contribution in [3.63, 3.8) is 0 Å². The Bertz CT molecular complexity index is 739. The van der Waals surface area contributed by atoms with Gasteiger partial charge < -0.3 is 15.2 Å². The second-order valence-corrected chi connectivity index (χ2v) is 7.20. The topological polar surface area (TPSA) is 92.7 Å². The van der Waals surface area contributed by atoms with E-state index in [-0.39, 0.29) is 18.1 Å². The fourth-order valence-electron chi connectivity index (χ4n) is 3.93. The summed E-state index contributed by atoms with van der Waals surface area (Å²) in [6.07, 6.45) is 0.431. The predicted octanol–water partition coefficient (Wildman–Crippen LogP) is 1.80. The minimum atomic E-state index is -0.883. The Morgan fingerprint density at radius 3 is 2.65 bits per heavy atom. The third-order valence-corrected chi connectivity index (χ3v) is 5.28. The molecule has 0 radical (unpaired) electrons. The Labute approximate surface area is 136 Å². The van der Waals surface area contributed by atoms with E-state index in [9.17, 15) is 14.4 Å². The zero-order chi connectivity index (χ0) is 16.4. The molecular weight excluding hydrogens is 322 g/mol. The molecule has 7 heteroatoms. The summed E-state index contributed by atoms with van der Waals surface area (Å²) < 4.78 is 5.62. The number of nitrogens with one attached hydrogen (secondary N) is 1. The molecule has 2 bridgehead atoms. The smallest absolute Gasteiger partial charge is 0.309 e. The molecule has 1 amide bonds. The van der Waals surface area contributed by atoms with Crippen LogP contribution in [0, 0.1) is 5.41 Å². The van der Waals surface area contributed by atoms with Crippen molar-refractivity contribution in [3.05, 3.63) is 28.8 Å². The standard InChI is InChI=1S/C16H14ClNO5/c17-8-1-2-11-9(3-8)10(19)4-12(23-11)13(20)18-16-5-15(6-16,7-16)14(21)22/h1-3,12H,4-7H2,(H,18,20)(H,21,22)/t12-,15?,16?/m1/s1. The fraction of sp³-hybridized carbons (Fsp3) is 0.438. The molecule has 0 aromatic heterocycles. The number of fused-ring (bicyclic) bond motifs is 1. The Balaban J connectivity index is 1.44. The van der Waals surface area contributed by atoms with Gasteiger partial charge in [-0.3, -0.25) is 14.4 Å². The van der Waals surface area contributed by atoms with E-state index in [2.05, 4.69) is 5.32 Å². The molecule has 1 aromatic rings. The van der Waals surface area contributed by atoms with Crippen molar-refractivity contribution in [3.8, 4) is 5.75 Å². The van der Waals surface area contributed by atoms with Gasteiger partial charge in [0.15, 0.2) is 11.9 Å². The van der Waals surface area contributed by atoms with Crippen molar-refractivity contribution in [1.82, 2.24) is 5.32 Å². The van der Waals surface area contributed by atoms with E-state index in [1.165, 1.54) is 6.07 Å². The molecule has 6 nitrogen and oxygen atoms in total. The van der Waals surface area contributed by atoms with Gasteiger partial charge in [0.05, 0.1) is 17.4 Å². The average Bonchev–Trinajstić information content (AvgIpc) is 2.41. The monoisotopic (exact) mass is 335 g/mol. The lowest BCUT2D eigenvalue weighted by Gasteiger charge is -2.68. The number of carboxylic acids is 1. The van der Waals surface area contributed by atoms with Crippen LogP contribution < -0.4 is 10.1 Å². The highest BCUT2D eigenvalue weighted by Gasteiger charge is 2.72. The largest absolute Gasteiger partial charge is 0.481 e. The molecule has 23 heavy (non-hydrogen) atoms. The zero-order valence-electron chi connectivity index (χ0n) is 12.1. The number of carbonyl (C=O) groups excluding carboxylic acids is 2. The summed E-state index contributed by atoms with van der Waals surface area (Å²) in [5, 5.41) is 12.4. The van der Waals surface area contributed by atoms with Crippen LogP contribution in [0.5, 0.6) is 5.75 Å². The van der Waals surface area contributed by atoms with Gasteiger partial charge >= 0.3 is 5.97 Å². The first-order valence-electron chi connectivity index (χ1n) is 7.37. The van der Waals surface area contributed by atoms with E-state index in [0.29, 0.717) is 35.6 Å². The second kappa shape index (κ2) is 4.47. The molecular formula is C16H14ClNO5. The van der Waals surface area contributed by atoms with Gasteiger partial charge in [-0.2, -0.15) is 0 Å². The number of Topliss-reactive ketones (excluding diaryl/α,β-unsaturated/α-hetero) is 1. The van der Waals surface area contributed by atoms with Gasteiger partial charge in [-0.1, -0.05) is 11.6 Å². The predicted molar refractivity (Wildman–Crippen MR) is 79.6 cm³/mol. The van der Waals surface area contributed by atoms with E-state index in [1.807, 2.05) is 0 Å². The number of carboxylic acid groups (broad SMARTS) is 1. The van der Waals surface area contributed by atoms with E-state index in [4.69, 9.17) is 21.4 Å². The van der Waals surface area contributed by atoms with Crippen molar-refractivity contribution in [2.75, 3.05) is 0 Å². The maximum absolute atomic E-state index is 12.4. The highest BCUT2D eigenvalue weighted by atomic mass is 35.5. The number of amides is 1. The van der Waals surface area contributed by atoms with Crippen LogP contribution in [-0.4, -0.2) is 34.4 Å². The molecule has 0 saturated heterocycles. The third-order valence-electron chi connectivity index (χ3n) is 5.05. The molecule has 3 fully saturated rings. The highest BCUT2D eigenvalue weighted by molar-refractivity contribution is 6.31. The zero-order valence-corrected chi connectivity index (χ0v) is 12.9. The fourth-order valence-corrected chi connectivity index (χ4v) is 4.10. The molecule has 1 atom stereocenters. The maximum Gasteiger partial charge on any atom is 0.309 e. The minimum absolute atomic E-state index is 0.0423. The van der Waals surface area contributed by atoms with Crippen LogP contribution >= 0.6 is 11.6 Å². The Morgan fingerprint density at radius 1 is 1.30 bits per heavy atom. The number of hydrogen-bond donors (Lipinski definition) is 2. The number of ketones is 1. The molecule has 0 spiro atoms. The number of ether oxygens (including phenoxy) is 1. The quantitative estimate of drug-likeness (QED) is 0.878. The first-order chi connectivity index (χ1) is 10.8. The molecule has 1 aliphatic heterocycles. The first kappa shape index (κ1) is 14.5. The van der Waals surface area contributed by atoms with Crippen LogP contribution in [0.3, 0.4) is 0 Å². The second-order valence-electron chi connectivity index (χ2n) is 6.76. The number of rotatable bonds is 3. The van der Waals surface area contributed by atoms with Gasteiger partial charge in [0, 0.05) is 10.6 Å². The van der Waals surface area contributed by atoms with Crippen LogP contribution in [-0.2, 0) is 9.59 Å². The van der Waals surface area contributed by atoms with E-state index < -0.39 is 23.0 Å². The normalized spacial score (nSPS) is 33.6. The molecule has 120 valence electrons. The molecule has 2 N–H and O–H groups in total. The number of carbonyl (C=O) groups is 3. The van der Waals surface area contributed by atoms with Gasteiger partial charge in [-0.25, -0.2) is 0 Å². The molecule has 3 saturated carbocycles. The lowest BCUT2D eigenvalue weighted by molar-refractivity contribution is -0.200. The Hall–Kier alpha value is -2.08. The minimum Gasteiger partial charge on any atom is -0.481 e. The van der Waals surface area contributed by atoms with Gasteiger partial charge in [0.1, 0.15) is 5.75 Å². The molecule has 0 unspecified atom stereocenters. The Kier molecular flexibility index (Phi) is 2.82. The average molecular weight is 336 g/mol. The molecule has 1 aromatic carbocycles. The van der Waals surface area contributed by atoms with Crippen molar-refractivity contribution in [2.24, 2.45) is 5.41 Å². The number of benzene rings is 1. The van der Waals surface area contributed by atoms with Gasteiger partial charge in [-0.05, 0) is 37.5 Å². The van der Waals surface area contributed by atoms with Gasteiger partial charge in [0.25, 0.3) is 5.91 Å². The molecule has 4 aliphatic rings. The summed E-state index contributed by atoms with van der Waals surface area (Å²) in [4.78, 5) is 35.6. The van der Waals surface area contributed by atoms with E-state index >= 15 is 0 Å². The third kappa shape index (κ3) is 2.05. The molecule has 3 aliphatic carbocycles. The van der Waals surface area contributed by atoms with Crippen LogP contribution in [0.25, 0.3) is 0 Å². The summed E-state index contributed by atoms with van der Waals surface area (Å²) >= 11 is 5.86. The lowest BCUT2D eigenvalue weighted by atomic mass is 9.39. The van der Waals surface area contributed by atoms with Crippen LogP contribution in [0.15, 0.2) is 18.2 Å². The number of hydrogen-bond acceptors (Lipinski definition) is 4. The highest BCUT2D eigenvalue weighted by Crippen LogP contribution is 2.67. The van der Waals surface area contributed by atoms with Crippen molar-refractivity contribution >= 4 is 29.3 Å². The first-order valence-corrected chi connectivity index (χ1v) is 7.75. The Morgan fingerprint density at radius 2 is 2.00 bits per heavy atom. The van der Waals surface area contributed by atoms with Crippen molar-refractivity contribution in [2.45, 2.75) is 37.3 Å². The summed E-state index contributed by atoms with van der Waals surface area (Å²) in [6.45, 7) is 0. The summed E-state index contributed by atoms with van der Waals surface area (Å²) in [6, 6.07) is 4.71. The molecule has 1 heterocycles.